The van der Waals surface area contributed by atoms with Crippen molar-refractivity contribution in [3.8, 4) is 0 Å². The molecule has 21 heavy (non-hydrogen) atoms. The number of ketones is 1. The van der Waals surface area contributed by atoms with Crippen molar-refractivity contribution in [2.45, 2.75) is 69.7 Å². The molecule has 1 heterocycles. The van der Waals surface area contributed by atoms with Crippen LogP contribution in [-0.2, 0) is 9.53 Å². The maximum absolute atomic E-state index is 11.8. The lowest BCUT2D eigenvalue weighted by Gasteiger charge is -2.58. The van der Waals surface area contributed by atoms with Gasteiger partial charge < -0.3 is 9.84 Å². The lowest BCUT2D eigenvalue weighted by atomic mass is 9.50. The smallest absolute Gasteiger partial charge is 0.155 e. The molecule has 0 radical (unpaired) electrons. The van der Waals surface area contributed by atoms with Crippen LogP contribution in [0, 0.1) is 23.2 Å². The summed E-state index contributed by atoms with van der Waals surface area (Å²) in [6, 6.07) is 0. The highest BCUT2D eigenvalue weighted by molar-refractivity contribution is 5.92. The van der Waals surface area contributed by atoms with Gasteiger partial charge in [0.2, 0.25) is 0 Å². The number of fused-ring (bicyclic) bond motifs is 3. The highest BCUT2D eigenvalue weighted by Gasteiger charge is 2.64. The summed E-state index contributed by atoms with van der Waals surface area (Å²) in [5.74, 6) is 1.74. The van der Waals surface area contributed by atoms with Gasteiger partial charge in [0, 0.05) is 6.42 Å². The Labute approximate surface area is 125 Å². The average Bonchev–Trinajstić information content (AvgIpc) is 2.73. The Kier molecular flexibility index (Phi) is 2.32. The summed E-state index contributed by atoms with van der Waals surface area (Å²) >= 11 is 0. The van der Waals surface area contributed by atoms with Crippen LogP contribution in [0.15, 0.2) is 11.6 Å². The Balaban J connectivity index is 1.62. The van der Waals surface area contributed by atoms with Gasteiger partial charge in [-0.25, -0.2) is 0 Å². The van der Waals surface area contributed by atoms with E-state index in [1.54, 1.807) is 6.08 Å². The number of carbonyl (C=O) groups excluding carboxylic acids is 1. The zero-order valence-corrected chi connectivity index (χ0v) is 12.7. The van der Waals surface area contributed by atoms with Crippen LogP contribution in [0.4, 0.5) is 0 Å². The molecule has 7 atom stereocenters. The van der Waals surface area contributed by atoms with Gasteiger partial charge in [-0.2, -0.15) is 0 Å². The highest BCUT2D eigenvalue weighted by atomic mass is 16.5. The normalized spacial score (nSPS) is 57.7. The molecule has 0 amide bonds. The van der Waals surface area contributed by atoms with Gasteiger partial charge >= 0.3 is 0 Å². The van der Waals surface area contributed by atoms with Crippen molar-refractivity contribution in [1.82, 2.24) is 0 Å². The number of hydrogen-bond acceptors (Lipinski definition) is 3. The van der Waals surface area contributed by atoms with E-state index < -0.39 is 5.60 Å². The molecule has 3 heteroatoms. The molecule has 114 valence electrons. The molecule has 1 saturated heterocycles. The summed E-state index contributed by atoms with van der Waals surface area (Å²) in [5.41, 5.74) is 0.701. The SMILES string of the molecule is C[C@]12CC[C@H]3[C@H]4[C@@H](CC5=CC(=O)CC[C@@]53O)O[C@@H](C[C@@H]41)C2. The maximum atomic E-state index is 11.8. The third-order valence-corrected chi connectivity index (χ3v) is 7.54. The van der Waals surface area contributed by atoms with Crippen LogP contribution in [0.25, 0.3) is 0 Å². The van der Waals surface area contributed by atoms with Crippen molar-refractivity contribution in [3.05, 3.63) is 11.6 Å². The predicted molar refractivity (Wildman–Crippen MR) is 77.6 cm³/mol. The first kappa shape index (κ1) is 12.8. The molecule has 4 aliphatic carbocycles. The molecule has 1 aliphatic heterocycles. The summed E-state index contributed by atoms with van der Waals surface area (Å²) < 4.78 is 6.39. The minimum absolute atomic E-state index is 0.188. The van der Waals surface area contributed by atoms with E-state index in [-0.39, 0.29) is 11.9 Å². The van der Waals surface area contributed by atoms with Gasteiger partial charge in [0.1, 0.15) is 0 Å². The minimum atomic E-state index is -0.713. The molecule has 3 nitrogen and oxygen atoms in total. The van der Waals surface area contributed by atoms with Crippen LogP contribution in [0.1, 0.15) is 51.9 Å². The first-order valence-electron chi connectivity index (χ1n) is 8.61. The van der Waals surface area contributed by atoms with E-state index in [4.69, 9.17) is 4.74 Å². The predicted octanol–water partition coefficient (Wildman–Crippen LogP) is 2.62. The lowest BCUT2D eigenvalue weighted by molar-refractivity contribution is -0.177. The molecule has 5 rings (SSSR count). The fraction of sp³-hybridized carbons (Fsp3) is 0.833. The van der Waals surface area contributed by atoms with Crippen LogP contribution >= 0.6 is 0 Å². The zero-order chi connectivity index (χ0) is 14.4. The number of ether oxygens (including phenoxy) is 1. The minimum Gasteiger partial charge on any atom is -0.385 e. The molecule has 3 saturated carbocycles. The fourth-order valence-corrected chi connectivity index (χ4v) is 6.63. The lowest BCUT2D eigenvalue weighted by Crippen LogP contribution is -2.60. The Morgan fingerprint density at radius 1 is 1.33 bits per heavy atom. The van der Waals surface area contributed by atoms with E-state index in [1.165, 1.54) is 19.3 Å². The molecule has 0 aromatic carbocycles. The Hall–Kier alpha value is -0.670. The molecule has 0 unspecified atom stereocenters. The Bertz CT molecular complexity index is 553. The third kappa shape index (κ3) is 1.49. The topological polar surface area (TPSA) is 46.5 Å². The third-order valence-electron chi connectivity index (χ3n) is 7.54. The van der Waals surface area contributed by atoms with E-state index in [1.807, 2.05) is 0 Å². The van der Waals surface area contributed by atoms with Gasteiger partial charge in [-0.3, -0.25) is 4.79 Å². The average molecular weight is 288 g/mol. The molecule has 2 bridgehead atoms. The fourth-order valence-electron chi connectivity index (χ4n) is 6.63. The van der Waals surface area contributed by atoms with Gasteiger partial charge in [0.05, 0.1) is 17.8 Å². The van der Waals surface area contributed by atoms with Crippen LogP contribution < -0.4 is 0 Å². The maximum Gasteiger partial charge on any atom is 0.155 e. The summed E-state index contributed by atoms with van der Waals surface area (Å²) in [7, 11) is 0. The van der Waals surface area contributed by atoms with Crippen LogP contribution in [0.5, 0.6) is 0 Å². The molecule has 0 spiro atoms. The number of rotatable bonds is 0. The van der Waals surface area contributed by atoms with Crippen LogP contribution in [0.2, 0.25) is 0 Å². The van der Waals surface area contributed by atoms with Gasteiger partial charge in [0.25, 0.3) is 0 Å². The first-order valence-corrected chi connectivity index (χ1v) is 8.61. The molecule has 4 fully saturated rings. The van der Waals surface area contributed by atoms with E-state index in [0.29, 0.717) is 36.2 Å². The second kappa shape index (κ2) is 3.80. The number of aliphatic hydroxyl groups is 1. The standard InChI is InChI=1S/C18H24O3/c1-17-4-3-13-16-14(17)8-12(9-17)21-15(16)7-10-6-11(19)2-5-18(10,13)20/h6,12-16,20H,2-5,7-9H2,1H3/t12-,13-,14-,15+,16+,17+,18+/m0/s1. The molecule has 1 N–H and O–H groups in total. The molecular formula is C18H24O3. The molecule has 0 aromatic heterocycles. The summed E-state index contributed by atoms with van der Waals surface area (Å²) in [5, 5.41) is 11.4. The van der Waals surface area contributed by atoms with Crippen LogP contribution in [-0.4, -0.2) is 28.7 Å². The monoisotopic (exact) mass is 288 g/mol. The van der Waals surface area contributed by atoms with Crippen molar-refractivity contribution in [1.29, 1.82) is 0 Å². The van der Waals surface area contributed by atoms with Crippen molar-refractivity contribution in [2.24, 2.45) is 23.2 Å². The largest absolute Gasteiger partial charge is 0.385 e. The van der Waals surface area contributed by atoms with Crippen molar-refractivity contribution >= 4 is 5.78 Å². The zero-order valence-electron chi connectivity index (χ0n) is 12.7. The van der Waals surface area contributed by atoms with Crippen molar-refractivity contribution < 1.29 is 14.6 Å². The second-order valence-electron chi connectivity index (χ2n) is 8.48. The van der Waals surface area contributed by atoms with E-state index in [9.17, 15) is 9.90 Å². The van der Waals surface area contributed by atoms with E-state index >= 15 is 0 Å². The van der Waals surface area contributed by atoms with Crippen molar-refractivity contribution in [3.63, 3.8) is 0 Å². The van der Waals surface area contributed by atoms with Crippen molar-refractivity contribution in [2.75, 3.05) is 0 Å². The van der Waals surface area contributed by atoms with E-state index in [0.717, 1.165) is 24.3 Å². The van der Waals surface area contributed by atoms with Gasteiger partial charge in [-0.15, -0.1) is 0 Å². The van der Waals surface area contributed by atoms with Gasteiger partial charge in [-0.1, -0.05) is 6.92 Å². The molecule has 5 aliphatic rings. The number of hydrogen-bond donors (Lipinski definition) is 1. The van der Waals surface area contributed by atoms with Gasteiger partial charge in [0.15, 0.2) is 5.78 Å². The second-order valence-corrected chi connectivity index (χ2v) is 8.48. The Morgan fingerprint density at radius 3 is 3.05 bits per heavy atom. The first-order chi connectivity index (χ1) is 9.99. The summed E-state index contributed by atoms with van der Waals surface area (Å²) in [6.07, 6.45) is 9.07. The molecule has 0 aromatic rings. The number of carbonyl (C=O) groups is 1. The Morgan fingerprint density at radius 2 is 2.19 bits per heavy atom. The quantitative estimate of drug-likeness (QED) is 0.745. The molecular weight excluding hydrogens is 264 g/mol. The summed E-state index contributed by atoms with van der Waals surface area (Å²) in [4.78, 5) is 11.8. The van der Waals surface area contributed by atoms with E-state index in [2.05, 4.69) is 6.92 Å². The summed E-state index contributed by atoms with van der Waals surface area (Å²) in [6.45, 7) is 2.44. The van der Waals surface area contributed by atoms with Crippen LogP contribution in [0.3, 0.4) is 0 Å². The highest BCUT2D eigenvalue weighted by Crippen LogP contribution is 2.66. The van der Waals surface area contributed by atoms with Gasteiger partial charge in [-0.05, 0) is 73.3 Å².